The second kappa shape index (κ2) is 8.51. The highest BCUT2D eigenvalue weighted by atomic mass is 32.2. The summed E-state index contributed by atoms with van der Waals surface area (Å²) in [4.78, 5) is 21.0. The molecule has 2 aliphatic heterocycles. The minimum absolute atomic E-state index is 0.168. The number of nitrogens with one attached hydrogen (secondary N) is 1. The highest BCUT2D eigenvalue weighted by Crippen LogP contribution is 2.21. The summed E-state index contributed by atoms with van der Waals surface area (Å²) in [5.74, 6) is 2.22. The van der Waals surface area contributed by atoms with E-state index in [1.165, 1.54) is 6.42 Å². The predicted octanol–water partition coefficient (Wildman–Crippen LogP) is 1.40. The van der Waals surface area contributed by atoms with Crippen LogP contribution < -0.4 is 5.32 Å². The average molecular weight is 312 g/mol. The molecule has 0 saturated carbocycles. The zero-order valence-electron chi connectivity index (χ0n) is 13.3. The van der Waals surface area contributed by atoms with Crippen LogP contribution >= 0.6 is 11.8 Å². The van der Waals surface area contributed by atoms with Gasteiger partial charge in [0.1, 0.15) is 6.54 Å². The van der Waals surface area contributed by atoms with Gasteiger partial charge in [-0.15, -0.1) is 0 Å². The van der Waals surface area contributed by atoms with Gasteiger partial charge < -0.3 is 15.1 Å². The van der Waals surface area contributed by atoms with Crippen molar-refractivity contribution >= 4 is 23.6 Å². The number of thioether (sulfide) groups is 1. The third-order valence-electron chi connectivity index (χ3n) is 4.05. The Kier molecular flexibility index (Phi) is 6.67. The molecule has 0 radical (unpaired) electrons. The molecule has 6 heteroatoms. The number of hydrogen-bond acceptors (Lipinski definition) is 3. The molecule has 2 rings (SSSR count). The molecule has 1 N–H and O–H groups in total. The van der Waals surface area contributed by atoms with Gasteiger partial charge in [-0.05, 0) is 26.2 Å². The first-order valence-electron chi connectivity index (χ1n) is 8.17. The summed E-state index contributed by atoms with van der Waals surface area (Å²) in [5.41, 5.74) is 0. The van der Waals surface area contributed by atoms with Crippen molar-refractivity contribution in [3.63, 3.8) is 0 Å². The topological polar surface area (TPSA) is 47.9 Å². The summed E-state index contributed by atoms with van der Waals surface area (Å²) in [6, 6.07) is 0. The Morgan fingerprint density at radius 3 is 2.67 bits per heavy atom. The average Bonchev–Trinajstić information content (AvgIpc) is 3.05. The van der Waals surface area contributed by atoms with E-state index < -0.39 is 0 Å². The molecule has 2 saturated heterocycles. The molecular weight excluding hydrogens is 284 g/mol. The van der Waals surface area contributed by atoms with Crippen molar-refractivity contribution in [3.05, 3.63) is 0 Å². The monoisotopic (exact) mass is 312 g/mol. The standard InChI is InChI=1S/C15H28N4OS/c1-3-13-12-19(9-10-21-13)15(16-4-2)17-11-14(20)18-7-5-6-8-18/h13H,3-12H2,1-2H3,(H,16,17). The van der Waals surface area contributed by atoms with Crippen LogP contribution in [0.4, 0.5) is 0 Å². The quantitative estimate of drug-likeness (QED) is 0.630. The number of carbonyl (C=O) groups excluding carboxylic acids is 1. The van der Waals surface area contributed by atoms with Crippen LogP contribution in [0.25, 0.3) is 0 Å². The van der Waals surface area contributed by atoms with Crippen LogP contribution in [0.5, 0.6) is 0 Å². The molecule has 0 aliphatic carbocycles. The van der Waals surface area contributed by atoms with E-state index >= 15 is 0 Å². The smallest absolute Gasteiger partial charge is 0.244 e. The molecule has 0 spiro atoms. The number of guanidine groups is 1. The fraction of sp³-hybridized carbons (Fsp3) is 0.867. The van der Waals surface area contributed by atoms with E-state index in [4.69, 9.17) is 0 Å². The van der Waals surface area contributed by atoms with Crippen molar-refractivity contribution in [2.24, 2.45) is 4.99 Å². The summed E-state index contributed by atoms with van der Waals surface area (Å²) in [6.07, 6.45) is 3.46. The summed E-state index contributed by atoms with van der Waals surface area (Å²) in [6.45, 7) is 9.30. The fourth-order valence-electron chi connectivity index (χ4n) is 2.79. The zero-order chi connectivity index (χ0) is 15.1. The Morgan fingerprint density at radius 1 is 1.24 bits per heavy atom. The van der Waals surface area contributed by atoms with Gasteiger partial charge in [-0.3, -0.25) is 4.79 Å². The maximum Gasteiger partial charge on any atom is 0.244 e. The van der Waals surface area contributed by atoms with Gasteiger partial charge >= 0.3 is 0 Å². The lowest BCUT2D eigenvalue weighted by molar-refractivity contribution is -0.128. The van der Waals surface area contributed by atoms with Gasteiger partial charge in [0.05, 0.1) is 0 Å². The summed E-state index contributed by atoms with van der Waals surface area (Å²) < 4.78 is 0. The first-order chi connectivity index (χ1) is 10.2. The minimum Gasteiger partial charge on any atom is -0.357 e. The van der Waals surface area contributed by atoms with Crippen LogP contribution in [0.1, 0.15) is 33.1 Å². The van der Waals surface area contributed by atoms with Crippen LogP contribution in [0.15, 0.2) is 4.99 Å². The van der Waals surface area contributed by atoms with Crippen LogP contribution in [-0.2, 0) is 4.79 Å². The van der Waals surface area contributed by atoms with E-state index in [-0.39, 0.29) is 12.5 Å². The fourth-order valence-corrected chi connectivity index (χ4v) is 3.97. The normalized spacial score (nSPS) is 23.5. The van der Waals surface area contributed by atoms with Crippen LogP contribution in [0.2, 0.25) is 0 Å². The van der Waals surface area contributed by atoms with Crippen molar-refractivity contribution in [1.82, 2.24) is 15.1 Å². The molecule has 2 aliphatic rings. The van der Waals surface area contributed by atoms with Crippen molar-refractivity contribution in [3.8, 4) is 0 Å². The Hall–Kier alpha value is -0.910. The first-order valence-corrected chi connectivity index (χ1v) is 9.22. The largest absolute Gasteiger partial charge is 0.357 e. The van der Waals surface area contributed by atoms with E-state index in [1.54, 1.807) is 0 Å². The van der Waals surface area contributed by atoms with Gasteiger partial charge in [0.15, 0.2) is 5.96 Å². The summed E-state index contributed by atoms with van der Waals surface area (Å²) in [5, 5.41) is 4.02. The van der Waals surface area contributed by atoms with E-state index in [0.717, 1.165) is 57.3 Å². The number of rotatable bonds is 4. The van der Waals surface area contributed by atoms with Crippen molar-refractivity contribution < 1.29 is 4.79 Å². The molecule has 2 heterocycles. The maximum absolute atomic E-state index is 12.1. The van der Waals surface area contributed by atoms with E-state index in [1.807, 2.05) is 16.7 Å². The molecule has 1 unspecified atom stereocenters. The number of hydrogen-bond donors (Lipinski definition) is 1. The van der Waals surface area contributed by atoms with Crippen LogP contribution in [0.3, 0.4) is 0 Å². The molecule has 5 nitrogen and oxygen atoms in total. The number of carbonyl (C=O) groups is 1. The van der Waals surface area contributed by atoms with Crippen LogP contribution in [0, 0.1) is 0 Å². The van der Waals surface area contributed by atoms with Gasteiger partial charge in [0.2, 0.25) is 5.91 Å². The Bertz CT molecular complexity index is 369. The third-order valence-corrected chi connectivity index (χ3v) is 5.42. The van der Waals surface area contributed by atoms with Crippen molar-refractivity contribution in [2.75, 3.05) is 45.0 Å². The first kappa shape index (κ1) is 16.5. The second-order valence-electron chi connectivity index (χ2n) is 5.61. The van der Waals surface area contributed by atoms with Gasteiger partial charge in [-0.25, -0.2) is 4.99 Å². The van der Waals surface area contributed by atoms with E-state index in [0.29, 0.717) is 5.25 Å². The lowest BCUT2D eigenvalue weighted by Gasteiger charge is -2.34. The molecule has 0 aromatic rings. The van der Waals surface area contributed by atoms with Crippen LogP contribution in [-0.4, -0.2) is 71.9 Å². The Balaban J connectivity index is 1.93. The molecule has 2 fully saturated rings. The molecular formula is C15H28N4OS. The zero-order valence-corrected chi connectivity index (χ0v) is 14.1. The number of aliphatic imine (C=N–C) groups is 1. The van der Waals surface area contributed by atoms with Crippen molar-refractivity contribution in [1.29, 1.82) is 0 Å². The molecule has 0 aromatic carbocycles. The molecule has 1 atom stereocenters. The number of nitrogens with zero attached hydrogens (tertiary/aromatic N) is 3. The highest BCUT2D eigenvalue weighted by molar-refractivity contribution is 8.00. The minimum atomic E-state index is 0.168. The second-order valence-corrected chi connectivity index (χ2v) is 7.01. The lowest BCUT2D eigenvalue weighted by atomic mass is 10.3. The maximum atomic E-state index is 12.1. The molecule has 0 aromatic heterocycles. The van der Waals surface area contributed by atoms with Gasteiger partial charge in [-0.1, -0.05) is 6.92 Å². The Labute approximate surface area is 132 Å². The Morgan fingerprint density at radius 2 is 2.00 bits per heavy atom. The highest BCUT2D eigenvalue weighted by Gasteiger charge is 2.22. The number of amides is 1. The van der Waals surface area contributed by atoms with Gasteiger partial charge in [0, 0.05) is 43.7 Å². The summed E-state index contributed by atoms with van der Waals surface area (Å²) in [7, 11) is 0. The predicted molar refractivity (Wildman–Crippen MR) is 89.9 cm³/mol. The van der Waals surface area contributed by atoms with Gasteiger partial charge in [0.25, 0.3) is 0 Å². The SMILES string of the molecule is CCNC(=NCC(=O)N1CCCC1)N1CCSC(CC)C1. The molecule has 0 bridgehead atoms. The molecule has 120 valence electrons. The van der Waals surface area contributed by atoms with Gasteiger partial charge in [-0.2, -0.15) is 11.8 Å². The lowest BCUT2D eigenvalue weighted by Crippen LogP contribution is -2.48. The summed E-state index contributed by atoms with van der Waals surface area (Å²) >= 11 is 2.05. The number of likely N-dealkylation sites (tertiary alicyclic amines) is 1. The van der Waals surface area contributed by atoms with E-state index in [9.17, 15) is 4.79 Å². The third kappa shape index (κ3) is 4.80. The van der Waals surface area contributed by atoms with Crippen molar-refractivity contribution in [2.45, 2.75) is 38.4 Å². The van der Waals surface area contributed by atoms with E-state index in [2.05, 4.69) is 29.1 Å². The molecule has 1 amide bonds. The molecule has 21 heavy (non-hydrogen) atoms.